The summed E-state index contributed by atoms with van der Waals surface area (Å²) >= 11 is 0. The van der Waals surface area contributed by atoms with Crippen LogP contribution in [0.5, 0.6) is 5.75 Å². The van der Waals surface area contributed by atoms with Gasteiger partial charge in [-0.25, -0.2) is 0 Å². The van der Waals surface area contributed by atoms with Gasteiger partial charge >= 0.3 is 0 Å². The Morgan fingerprint density at radius 2 is 1.42 bits per heavy atom. The second kappa shape index (κ2) is 7.96. The predicted octanol–water partition coefficient (Wildman–Crippen LogP) is 8.47. The molecule has 7 rings (SSSR count). The van der Waals surface area contributed by atoms with Crippen LogP contribution in [0.2, 0.25) is 0 Å². The maximum atomic E-state index is 5.39. The minimum Gasteiger partial charge on any atom is -0.497 e. The lowest BCUT2D eigenvalue weighted by molar-refractivity contribution is 0.415. The molecule has 0 spiro atoms. The summed E-state index contributed by atoms with van der Waals surface area (Å²) in [6, 6.07) is 36.8. The van der Waals surface area contributed by atoms with Crippen LogP contribution in [-0.2, 0) is 0 Å². The van der Waals surface area contributed by atoms with E-state index in [2.05, 4.69) is 107 Å². The van der Waals surface area contributed by atoms with E-state index in [-0.39, 0.29) is 0 Å². The van der Waals surface area contributed by atoms with Crippen LogP contribution in [0.4, 0.5) is 0 Å². The Morgan fingerprint density at radius 1 is 0.639 bits per heavy atom. The first-order chi connectivity index (χ1) is 17.7. The Bertz CT molecular complexity index is 1920. The van der Waals surface area contributed by atoms with Crippen molar-refractivity contribution in [2.24, 2.45) is 0 Å². The van der Waals surface area contributed by atoms with Gasteiger partial charge in [-0.2, -0.15) is 0 Å². The normalized spacial score (nSPS) is 11.6. The number of aromatic nitrogens is 2. The Kier molecular flexibility index (Phi) is 4.58. The molecule has 2 heterocycles. The summed E-state index contributed by atoms with van der Waals surface area (Å²) in [6.07, 6.45) is 2.01. The van der Waals surface area contributed by atoms with Gasteiger partial charge in [0.05, 0.1) is 18.1 Å². The largest absolute Gasteiger partial charge is 0.497 e. The standard InChI is InChI=1S/C33H24N2O/c1-21-16-29-28-19-33-30(26-10-6-7-11-32(26)35(33)24-8-4-3-5-9-24)18-23(28)17-27(31(29)20-34-21)22-12-14-25(36-2)15-13-22/h3-20H,1-2H3. The van der Waals surface area contributed by atoms with E-state index in [0.717, 1.165) is 22.4 Å². The fraction of sp³-hybridized carbons (Fsp3) is 0.0606. The van der Waals surface area contributed by atoms with E-state index in [9.17, 15) is 0 Å². The number of benzene rings is 5. The second-order valence-corrected chi connectivity index (χ2v) is 9.30. The highest BCUT2D eigenvalue weighted by molar-refractivity contribution is 6.20. The number of rotatable bonds is 3. The lowest BCUT2D eigenvalue weighted by Gasteiger charge is -2.13. The Labute approximate surface area is 209 Å². The molecular formula is C33H24N2O. The molecule has 3 heteroatoms. The molecule has 0 bridgehead atoms. The first-order valence-electron chi connectivity index (χ1n) is 12.2. The lowest BCUT2D eigenvalue weighted by Crippen LogP contribution is -1.93. The van der Waals surface area contributed by atoms with Gasteiger partial charge in [0.15, 0.2) is 0 Å². The second-order valence-electron chi connectivity index (χ2n) is 9.30. The van der Waals surface area contributed by atoms with Gasteiger partial charge < -0.3 is 9.30 Å². The third-order valence-electron chi connectivity index (χ3n) is 7.18. The quantitative estimate of drug-likeness (QED) is 0.245. The molecule has 0 amide bonds. The summed E-state index contributed by atoms with van der Waals surface area (Å²) in [5.41, 5.74) is 6.94. The molecule has 5 aromatic carbocycles. The molecule has 7 aromatic rings. The van der Waals surface area contributed by atoms with Crippen LogP contribution < -0.4 is 4.74 Å². The van der Waals surface area contributed by atoms with Crippen molar-refractivity contribution in [3.63, 3.8) is 0 Å². The van der Waals surface area contributed by atoms with E-state index in [4.69, 9.17) is 4.74 Å². The zero-order valence-electron chi connectivity index (χ0n) is 20.2. The van der Waals surface area contributed by atoms with Crippen molar-refractivity contribution < 1.29 is 4.74 Å². The molecular weight excluding hydrogens is 440 g/mol. The molecule has 0 saturated carbocycles. The maximum Gasteiger partial charge on any atom is 0.118 e. The Balaban J connectivity index is 1.62. The van der Waals surface area contributed by atoms with E-state index >= 15 is 0 Å². The third kappa shape index (κ3) is 3.10. The number of aryl methyl sites for hydroxylation is 1. The van der Waals surface area contributed by atoms with Crippen molar-refractivity contribution in [3.05, 3.63) is 115 Å². The lowest BCUT2D eigenvalue weighted by atomic mass is 9.93. The number of fused-ring (bicyclic) bond motifs is 6. The molecule has 0 aliphatic heterocycles. The van der Waals surface area contributed by atoms with Gasteiger partial charge in [0.25, 0.3) is 0 Å². The number of hydrogen-bond acceptors (Lipinski definition) is 2. The van der Waals surface area contributed by atoms with Crippen LogP contribution in [-0.4, -0.2) is 16.7 Å². The maximum absolute atomic E-state index is 5.39. The van der Waals surface area contributed by atoms with Crippen molar-refractivity contribution >= 4 is 43.4 Å². The zero-order chi connectivity index (χ0) is 24.2. The highest BCUT2D eigenvalue weighted by Crippen LogP contribution is 2.40. The van der Waals surface area contributed by atoms with Crippen LogP contribution in [0.15, 0.2) is 109 Å². The SMILES string of the molecule is COc1ccc(-c2cc3cc4c5ccccc5n(-c5ccccc5)c4cc3c3cc(C)ncc23)cc1. The molecule has 36 heavy (non-hydrogen) atoms. The summed E-state index contributed by atoms with van der Waals surface area (Å²) in [6.45, 7) is 2.06. The smallest absolute Gasteiger partial charge is 0.118 e. The highest BCUT2D eigenvalue weighted by Gasteiger charge is 2.16. The van der Waals surface area contributed by atoms with Gasteiger partial charge in [-0.1, -0.05) is 48.5 Å². The minimum absolute atomic E-state index is 0.855. The Hall–Kier alpha value is -4.63. The van der Waals surface area contributed by atoms with Crippen molar-refractivity contribution in [1.82, 2.24) is 9.55 Å². The van der Waals surface area contributed by atoms with Crippen LogP contribution in [0, 0.1) is 6.92 Å². The fourth-order valence-corrected chi connectivity index (χ4v) is 5.48. The van der Waals surface area contributed by atoms with Crippen molar-refractivity contribution in [1.29, 1.82) is 0 Å². The monoisotopic (exact) mass is 464 g/mol. The molecule has 0 aliphatic carbocycles. The van der Waals surface area contributed by atoms with Gasteiger partial charge in [0.1, 0.15) is 5.75 Å². The predicted molar refractivity (Wildman–Crippen MR) is 150 cm³/mol. The number of para-hydroxylation sites is 2. The first-order valence-corrected chi connectivity index (χ1v) is 12.2. The topological polar surface area (TPSA) is 27.1 Å². The molecule has 0 unspecified atom stereocenters. The van der Waals surface area contributed by atoms with Crippen molar-refractivity contribution in [2.75, 3.05) is 7.11 Å². The van der Waals surface area contributed by atoms with Crippen LogP contribution in [0.1, 0.15) is 5.69 Å². The molecule has 2 aromatic heterocycles. The van der Waals surface area contributed by atoms with Crippen LogP contribution >= 0.6 is 0 Å². The fourth-order valence-electron chi connectivity index (χ4n) is 5.48. The average molecular weight is 465 g/mol. The minimum atomic E-state index is 0.855. The molecule has 0 N–H and O–H groups in total. The third-order valence-corrected chi connectivity index (χ3v) is 7.18. The number of pyridine rings is 1. The summed E-state index contributed by atoms with van der Waals surface area (Å²) in [5.74, 6) is 0.855. The number of ether oxygens (including phenoxy) is 1. The van der Waals surface area contributed by atoms with Gasteiger partial charge in [-0.15, -0.1) is 0 Å². The Morgan fingerprint density at radius 3 is 2.22 bits per heavy atom. The molecule has 0 atom stereocenters. The first kappa shape index (κ1) is 20.7. The highest BCUT2D eigenvalue weighted by atomic mass is 16.5. The van der Waals surface area contributed by atoms with E-state index in [1.165, 1.54) is 49.2 Å². The van der Waals surface area contributed by atoms with E-state index in [1.807, 2.05) is 18.3 Å². The summed E-state index contributed by atoms with van der Waals surface area (Å²) in [5, 5.41) is 7.35. The number of hydrogen-bond donors (Lipinski definition) is 0. The van der Waals surface area contributed by atoms with E-state index < -0.39 is 0 Å². The summed E-state index contributed by atoms with van der Waals surface area (Å²) in [4.78, 5) is 4.67. The molecule has 0 saturated heterocycles. The van der Waals surface area contributed by atoms with Gasteiger partial charge in [-0.05, 0) is 88.8 Å². The zero-order valence-corrected chi connectivity index (χ0v) is 20.2. The van der Waals surface area contributed by atoms with Gasteiger partial charge in [0.2, 0.25) is 0 Å². The molecule has 0 radical (unpaired) electrons. The number of methoxy groups -OCH3 is 1. The summed E-state index contributed by atoms with van der Waals surface area (Å²) < 4.78 is 7.77. The molecule has 0 fully saturated rings. The van der Waals surface area contributed by atoms with Gasteiger partial charge in [0, 0.05) is 33.7 Å². The average Bonchev–Trinajstić information content (AvgIpc) is 3.25. The van der Waals surface area contributed by atoms with Crippen molar-refractivity contribution in [2.45, 2.75) is 6.92 Å². The van der Waals surface area contributed by atoms with Gasteiger partial charge in [-0.3, -0.25) is 4.98 Å². The summed E-state index contributed by atoms with van der Waals surface area (Å²) in [7, 11) is 1.70. The van der Waals surface area contributed by atoms with Crippen molar-refractivity contribution in [3.8, 4) is 22.6 Å². The molecule has 3 nitrogen and oxygen atoms in total. The number of nitrogens with zero attached hydrogens (tertiary/aromatic N) is 2. The molecule has 0 aliphatic rings. The van der Waals surface area contributed by atoms with Crippen LogP contribution in [0.3, 0.4) is 0 Å². The molecule has 172 valence electrons. The van der Waals surface area contributed by atoms with E-state index in [1.54, 1.807) is 7.11 Å². The van der Waals surface area contributed by atoms with E-state index in [0.29, 0.717) is 0 Å². The van der Waals surface area contributed by atoms with Crippen LogP contribution in [0.25, 0.3) is 60.2 Å².